The van der Waals surface area contributed by atoms with Crippen molar-refractivity contribution in [2.24, 2.45) is 0 Å². The van der Waals surface area contributed by atoms with Gasteiger partial charge in [-0.25, -0.2) is 0 Å². The molecule has 2 aliphatic rings. The molecule has 0 amide bonds. The second-order valence-corrected chi connectivity index (χ2v) is 11.2. The van der Waals surface area contributed by atoms with Crippen LogP contribution >= 0.6 is 0 Å². The highest BCUT2D eigenvalue weighted by atomic mass is 16.7. The lowest BCUT2D eigenvalue weighted by Crippen LogP contribution is -2.41. The summed E-state index contributed by atoms with van der Waals surface area (Å²) in [5.74, 6) is 0. The van der Waals surface area contributed by atoms with Crippen LogP contribution in [0, 0.1) is 0 Å². The summed E-state index contributed by atoms with van der Waals surface area (Å²) < 4.78 is 13.1. The summed E-state index contributed by atoms with van der Waals surface area (Å²) in [6.45, 7) is 13.1. The van der Waals surface area contributed by atoms with Crippen LogP contribution in [-0.2, 0) is 14.7 Å². The third kappa shape index (κ3) is 2.90. The maximum Gasteiger partial charge on any atom is 0.495 e. The maximum atomic E-state index is 6.57. The van der Waals surface area contributed by atoms with Crippen molar-refractivity contribution in [1.82, 2.24) is 0 Å². The van der Waals surface area contributed by atoms with Gasteiger partial charge < -0.3 is 9.31 Å². The van der Waals surface area contributed by atoms with Crippen LogP contribution in [0.1, 0.15) is 52.7 Å². The van der Waals surface area contributed by atoms with Gasteiger partial charge in [0.25, 0.3) is 0 Å². The third-order valence-electron chi connectivity index (χ3n) is 8.35. The first kappa shape index (κ1) is 21.6. The second kappa shape index (κ2) is 7.07. The van der Waals surface area contributed by atoms with E-state index in [9.17, 15) is 0 Å². The van der Waals surface area contributed by atoms with E-state index in [0.717, 1.165) is 5.46 Å². The van der Waals surface area contributed by atoms with Gasteiger partial charge in [-0.3, -0.25) is 0 Å². The van der Waals surface area contributed by atoms with Crippen molar-refractivity contribution in [3.63, 3.8) is 0 Å². The number of fused-ring (bicyclic) bond motifs is 4. The van der Waals surface area contributed by atoms with Crippen molar-refractivity contribution in [2.75, 3.05) is 0 Å². The molecule has 4 aromatic rings. The van der Waals surface area contributed by atoms with E-state index in [4.69, 9.17) is 9.31 Å². The van der Waals surface area contributed by atoms with Gasteiger partial charge in [-0.1, -0.05) is 92.7 Å². The van der Waals surface area contributed by atoms with Crippen LogP contribution in [0.2, 0.25) is 0 Å². The van der Waals surface area contributed by atoms with Gasteiger partial charge in [-0.2, -0.15) is 0 Å². The van der Waals surface area contributed by atoms with Gasteiger partial charge in [0.05, 0.1) is 11.2 Å². The maximum absolute atomic E-state index is 6.57. The Bertz CT molecular complexity index is 1430. The Morgan fingerprint density at radius 2 is 1.18 bits per heavy atom. The number of rotatable bonds is 2. The van der Waals surface area contributed by atoms with Gasteiger partial charge in [0.2, 0.25) is 0 Å². The quantitative estimate of drug-likeness (QED) is 0.306. The van der Waals surface area contributed by atoms with Crippen LogP contribution in [-0.4, -0.2) is 18.3 Å². The van der Waals surface area contributed by atoms with Gasteiger partial charge in [0.1, 0.15) is 0 Å². The fourth-order valence-electron chi connectivity index (χ4n) is 5.72. The summed E-state index contributed by atoms with van der Waals surface area (Å²) in [4.78, 5) is 0. The zero-order chi connectivity index (χ0) is 23.9. The minimum absolute atomic E-state index is 0.0446. The summed E-state index contributed by atoms with van der Waals surface area (Å²) in [6, 6.07) is 28.7. The number of hydrogen-bond acceptors (Lipinski definition) is 2. The largest absolute Gasteiger partial charge is 0.495 e. The average molecular weight is 446 g/mol. The summed E-state index contributed by atoms with van der Waals surface area (Å²) >= 11 is 0. The SMILES string of the molecule is CC1(C)c2ccccc2-c2c(-c3c(B4OC(C)(C)C(C)(C)O4)ccc4ccccc34)cccc21. The van der Waals surface area contributed by atoms with Crippen LogP contribution in [0.3, 0.4) is 0 Å². The molecule has 1 fully saturated rings. The topological polar surface area (TPSA) is 18.5 Å². The smallest absolute Gasteiger partial charge is 0.399 e. The van der Waals surface area contributed by atoms with Gasteiger partial charge >= 0.3 is 7.12 Å². The Morgan fingerprint density at radius 3 is 1.94 bits per heavy atom. The lowest BCUT2D eigenvalue weighted by Gasteiger charge is -2.32. The molecule has 0 atom stereocenters. The lowest BCUT2D eigenvalue weighted by molar-refractivity contribution is 0.00578. The van der Waals surface area contributed by atoms with E-state index in [-0.39, 0.29) is 5.41 Å². The first-order valence-electron chi connectivity index (χ1n) is 12.2. The molecule has 1 aliphatic carbocycles. The van der Waals surface area contributed by atoms with E-state index in [1.165, 1.54) is 44.2 Å². The summed E-state index contributed by atoms with van der Waals surface area (Å²) in [7, 11) is -0.426. The lowest BCUT2D eigenvalue weighted by atomic mass is 9.71. The zero-order valence-electron chi connectivity index (χ0n) is 20.9. The molecular weight excluding hydrogens is 415 g/mol. The van der Waals surface area contributed by atoms with E-state index in [1.54, 1.807) is 0 Å². The molecule has 0 aromatic heterocycles. The Morgan fingerprint density at radius 1 is 0.559 bits per heavy atom. The molecular formula is C31H31BO2. The summed E-state index contributed by atoms with van der Waals surface area (Å²) in [5, 5.41) is 2.45. The van der Waals surface area contributed by atoms with E-state index in [0.29, 0.717) is 0 Å². The average Bonchev–Trinajstić information content (AvgIpc) is 3.18. The Kier molecular flexibility index (Phi) is 4.50. The molecule has 3 heteroatoms. The molecule has 0 N–H and O–H groups in total. The van der Waals surface area contributed by atoms with Crippen molar-refractivity contribution in [1.29, 1.82) is 0 Å². The van der Waals surface area contributed by atoms with Gasteiger partial charge in [-0.05, 0) is 77.3 Å². The fraction of sp³-hybridized carbons (Fsp3) is 0.290. The Labute approximate surface area is 203 Å². The standard InChI is InChI=1S/C31H31BO2/c1-29(2)24-16-10-9-14-22(24)27-23(15-11-17-25(27)29)28-21-13-8-7-12-20(21)18-19-26(28)32-33-30(3,4)31(5,6)34-32/h7-19H,1-6H3. The molecule has 170 valence electrons. The molecule has 0 unspecified atom stereocenters. The van der Waals surface area contributed by atoms with Crippen molar-refractivity contribution < 1.29 is 9.31 Å². The summed E-state index contributed by atoms with van der Waals surface area (Å²) in [6.07, 6.45) is 0. The minimum atomic E-state index is -0.426. The highest BCUT2D eigenvalue weighted by Crippen LogP contribution is 2.52. The highest BCUT2D eigenvalue weighted by molar-refractivity contribution is 6.64. The van der Waals surface area contributed by atoms with Crippen LogP contribution < -0.4 is 5.46 Å². The van der Waals surface area contributed by atoms with Crippen LogP contribution in [0.5, 0.6) is 0 Å². The molecule has 2 nitrogen and oxygen atoms in total. The van der Waals surface area contributed by atoms with Crippen LogP contribution in [0.15, 0.2) is 78.9 Å². The summed E-state index contributed by atoms with van der Waals surface area (Å²) in [5.41, 5.74) is 8.13. The Hall–Kier alpha value is -2.88. The van der Waals surface area contributed by atoms with E-state index in [2.05, 4.69) is 120 Å². The van der Waals surface area contributed by atoms with Crippen molar-refractivity contribution in [2.45, 2.75) is 58.2 Å². The zero-order valence-corrected chi connectivity index (χ0v) is 20.9. The predicted octanol–water partition coefficient (Wildman–Crippen LogP) is 7.11. The molecule has 1 heterocycles. The number of benzene rings is 4. The highest BCUT2D eigenvalue weighted by Gasteiger charge is 2.52. The Balaban J connectivity index is 1.67. The molecule has 0 saturated carbocycles. The monoisotopic (exact) mass is 446 g/mol. The minimum Gasteiger partial charge on any atom is -0.399 e. The van der Waals surface area contributed by atoms with Crippen molar-refractivity contribution >= 4 is 23.4 Å². The molecule has 1 aliphatic heterocycles. The van der Waals surface area contributed by atoms with Crippen molar-refractivity contribution in [3.8, 4) is 22.3 Å². The number of hydrogen-bond donors (Lipinski definition) is 0. The van der Waals surface area contributed by atoms with Gasteiger partial charge in [-0.15, -0.1) is 0 Å². The molecule has 4 aromatic carbocycles. The molecule has 0 spiro atoms. The molecule has 0 radical (unpaired) electrons. The van der Waals surface area contributed by atoms with E-state index < -0.39 is 18.3 Å². The molecule has 0 bridgehead atoms. The second-order valence-electron chi connectivity index (χ2n) is 11.2. The van der Waals surface area contributed by atoms with Crippen LogP contribution in [0.25, 0.3) is 33.0 Å². The van der Waals surface area contributed by atoms with Gasteiger partial charge in [0, 0.05) is 5.41 Å². The van der Waals surface area contributed by atoms with Crippen molar-refractivity contribution in [3.05, 3.63) is 90.0 Å². The molecule has 6 rings (SSSR count). The first-order chi connectivity index (χ1) is 16.1. The van der Waals surface area contributed by atoms with Gasteiger partial charge in [0.15, 0.2) is 0 Å². The normalized spacial score (nSPS) is 19.3. The van der Waals surface area contributed by atoms with E-state index in [1.807, 2.05) is 0 Å². The predicted molar refractivity (Wildman–Crippen MR) is 143 cm³/mol. The molecule has 34 heavy (non-hydrogen) atoms. The molecule has 1 saturated heterocycles. The van der Waals surface area contributed by atoms with E-state index >= 15 is 0 Å². The van der Waals surface area contributed by atoms with Crippen LogP contribution in [0.4, 0.5) is 0 Å². The third-order valence-corrected chi connectivity index (χ3v) is 8.35. The first-order valence-corrected chi connectivity index (χ1v) is 12.2. The fourth-order valence-corrected chi connectivity index (χ4v) is 5.72.